The number of carbonyl (C=O) groups is 1. The predicted octanol–water partition coefficient (Wildman–Crippen LogP) is 9.78. The molecule has 3 N–H and O–H groups in total. The average molecular weight is 748 g/mol. The quantitative estimate of drug-likeness (QED) is 0.0164. The molecular weight excluding hydrogens is 671 g/mol. The van der Waals surface area contributed by atoms with Gasteiger partial charge in [0, 0.05) is 25.7 Å². The van der Waals surface area contributed by atoms with E-state index >= 15 is 0 Å². The summed E-state index contributed by atoms with van der Waals surface area (Å²) in [6, 6.07) is 0. The maximum Gasteiger partial charge on any atom is 0.472 e. The number of aliphatic hydroxyl groups excluding tert-OH is 2. The van der Waals surface area contributed by atoms with Gasteiger partial charge in [-0.2, -0.15) is 0 Å². The van der Waals surface area contributed by atoms with Crippen molar-refractivity contribution in [3.8, 4) is 0 Å². The lowest BCUT2D eigenvalue weighted by Crippen LogP contribution is -2.32. The monoisotopic (exact) mass is 748 g/mol. The van der Waals surface area contributed by atoms with Crippen LogP contribution in [0.3, 0.4) is 0 Å². The number of carbonyl (C=O) groups excluding carboxylic acids is 1. The van der Waals surface area contributed by atoms with Crippen LogP contribution >= 0.6 is 7.82 Å². The predicted molar refractivity (Wildman–Crippen MR) is 204 cm³/mol. The van der Waals surface area contributed by atoms with E-state index in [9.17, 15) is 19.4 Å². The molecule has 51 heavy (non-hydrogen) atoms. The van der Waals surface area contributed by atoms with Crippen molar-refractivity contribution < 1.29 is 47.4 Å². The third-order valence-corrected chi connectivity index (χ3v) is 11.0. The maximum atomic E-state index is 12.7. The van der Waals surface area contributed by atoms with Crippen molar-refractivity contribution >= 4 is 13.8 Å². The first-order chi connectivity index (χ1) is 24.8. The number of fused-ring (bicyclic) bond motifs is 1. The zero-order valence-electron chi connectivity index (χ0n) is 32.4. The topological polar surface area (TPSA) is 134 Å². The molecule has 11 heteroatoms. The molecule has 0 aromatic heterocycles. The first-order valence-corrected chi connectivity index (χ1v) is 22.4. The van der Waals surface area contributed by atoms with Gasteiger partial charge in [0.2, 0.25) is 12.2 Å². The highest BCUT2D eigenvalue weighted by molar-refractivity contribution is 7.47. The molecule has 6 atom stereocenters. The second-order valence-corrected chi connectivity index (χ2v) is 16.2. The van der Waals surface area contributed by atoms with Crippen LogP contribution in [0.5, 0.6) is 0 Å². The average Bonchev–Trinajstić information content (AvgIpc) is 3.81. The summed E-state index contributed by atoms with van der Waals surface area (Å²) in [6.07, 6.45) is 33.2. The molecule has 2 rings (SSSR count). The fraction of sp³-hybridized carbons (Fsp3) is 0.925. The Morgan fingerprint density at radius 1 is 0.824 bits per heavy atom. The summed E-state index contributed by atoms with van der Waals surface area (Å²) in [5, 5.41) is 18.5. The van der Waals surface area contributed by atoms with Crippen molar-refractivity contribution in [2.45, 2.75) is 211 Å². The SMILES string of the molecule is CCCCCC/C=C\CCC[C@H]1[C@H]2CCCCC(=O)O[C@@H](COP(=O)(O)OC[C@@H](O)CO)COC(CCCCCCCCCCCCCCC)[O+]21. The van der Waals surface area contributed by atoms with E-state index in [0.29, 0.717) is 12.2 Å². The Morgan fingerprint density at radius 3 is 2.04 bits per heavy atom. The lowest BCUT2D eigenvalue weighted by atomic mass is 10.0. The smallest absolute Gasteiger partial charge is 0.457 e. The lowest BCUT2D eigenvalue weighted by Gasteiger charge is -2.23. The third kappa shape index (κ3) is 22.9. The molecule has 2 heterocycles. The Balaban J connectivity index is 1.91. The lowest BCUT2D eigenvalue weighted by molar-refractivity contribution is -0.222. The van der Waals surface area contributed by atoms with Gasteiger partial charge in [0.05, 0.1) is 26.4 Å². The number of phosphoric ester groups is 1. The summed E-state index contributed by atoms with van der Waals surface area (Å²) in [4.78, 5) is 22.7. The zero-order valence-corrected chi connectivity index (χ0v) is 33.3. The van der Waals surface area contributed by atoms with Crippen LogP contribution < -0.4 is 0 Å². The van der Waals surface area contributed by atoms with Crippen molar-refractivity contribution in [2.24, 2.45) is 0 Å². The summed E-state index contributed by atoms with van der Waals surface area (Å²) in [6.45, 7) is 2.98. The van der Waals surface area contributed by atoms with Crippen LogP contribution in [0.1, 0.15) is 181 Å². The molecule has 0 aromatic rings. The highest BCUT2D eigenvalue weighted by Crippen LogP contribution is 2.46. The molecule has 2 aliphatic heterocycles. The first kappa shape index (κ1) is 46.3. The minimum absolute atomic E-state index is 0.0256. The number of phosphoric acid groups is 1. The standard InChI is InChI=1S/C40H75O10P/c1-3-5-7-9-11-13-14-15-16-18-20-22-24-30-40-46-33-36(34-48-51(44,45)47-32-35(42)31-41)49-39(43)29-26-25-28-38-37(50(38)40)27-23-21-19-17-12-10-8-6-4-2/h17,19,35-38,40-42H,3-16,18,20-34H2,1-2H3/p+1/b19-17-/t35-,36+,37-,38+,40?/m0/s1. The van der Waals surface area contributed by atoms with Gasteiger partial charge in [-0.25, -0.2) is 4.57 Å². The number of cyclic esters (lactones) is 1. The highest BCUT2D eigenvalue weighted by atomic mass is 31.2. The summed E-state index contributed by atoms with van der Waals surface area (Å²) in [7, 11) is -4.55. The fourth-order valence-electron chi connectivity index (χ4n) is 6.98. The number of hydrogen-bond donors (Lipinski definition) is 3. The molecule has 0 amide bonds. The first-order valence-electron chi connectivity index (χ1n) is 20.9. The van der Waals surface area contributed by atoms with E-state index in [2.05, 4.69) is 30.4 Å². The molecule has 0 aromatic carbocycles. The minimum Gasteiger partial charge on any atom is -0.457 e. The molecule has 2 unspecified atom stereocenters. The summed E-state index contributed by atoms with van der Waals surface area (Å²) < 4.78 is 38.0. The Labute approximate surface area is 310 Å². The van der Waals surface area contributed by atoms with E-state index < -0.39 is 33.2 Å². The Hall–Kier alpha value is -0.840. The van der Waals surface area contributed by atoms with Crippen LogP contribution in [0.25, 0.3) is 0 Å². The third-order valence-electron chi connectivity index (χ3n) is 10.1. The molecular formula is C40H76O10P+. The van der Waals surface area contributed by atoms with E-state index in [1.807, 2.05) is 0 Å². The van der Waals surface area contributed by atoms with Crippen LogP contribution in [0, 0.1) is 0 Å². The molecule has 0 spiro atoms. The van der Waals surface area contributed by atoms with Crippen LogP contribution in [0.15, 0.2) is 12.2 Å². The molecule has 0 saturated carbocycles. The van der Waals surface area contributed by atoms with Crippen LogP contribution in [-0.4, -0.2) is 78.2 Å². The van der Waals surface area contributed by atoms with Crippen molar-refractivity contribution in [3.63, 3.8) is 0 Å². The summed E-state index contributed by atoms with van der Waals surface area (Å²) in [5.74, 6) is -0.386. The molecule has 2 fully saturated rings. The van der Waals surface area contributed by atoms with Crippen molar-refractivity contribution in [1.29, 1.82) is 0 Å². The summed E-state index contributed by atoms with van der Waals surface area (Å²) >= 11 is 0. The Kier molecular flexibility index (Phi) is 26.8. The van der Waals surface area contributed by atoms with Crippen LogP contribution in [-0.2, 0) is 32.2 Å². The van der Waals surface area contributed by atoms with Gasteiger partial charge < -0.3 is 28.9 Å². The van der Waals surface area contributed by atoms with Gasteiger partial charge in [-0.15, -0.1) is 0 Å². The number of epoxide rings is 1. The highest BCUT2D eigenvalue weighted by Gasteiger charge is 2.60. The number of esters is 1. The van der Waals surface area contributed by atoms with Gasteiger partial charge in [0.25, 0.3) is 6.29 Å². The molecule has 300 valence electrons. The second kappa shape index (κ2) is 29.5. The number of ether oxygens (including phenoxy) is 2. The maximum absolute atomic E-state index is 12.7. The van der Waals surface area contributed by atoms with Gasteiger partial charge >= 0.3 is 13.8 Å². The van der Waals surface area contributed by atoms with E-state index in [1.54, 1.807) is 0 Å². The number of hydrogen-bond acceptors (Lipinski definition) is 8. The largest absolute Gasteiger partial charge is 0.472 e. The van der Waals surface area contributed by atoms with E-state index in [0.717, 1.165) is 64.2 Å². The molecule has 10 nitrogen and oxygen atoms in total. The summed E-state index contributed by atoms with van der Waals surface area (Å²) in [5.41, 5.74) is 0. The second-order valence-electron chi connectivity index (χ2n) is 14.8. The van der Waals surface area contributed by atoms with Gasteiger partial charge in [-0.1, -0.05) is 122 Å². The van der Waals surface area contributed by atoms with Crippen LogP contribution in [0.4, 0.5) is 0 Å². The molecule has 0 radical (unpaired) electrons. The number of allylic oxidation sites excluding steroid dienone is 2. The number of unbranched alkanes of at least 4 members (excludes halogenated alkanes) is 17. The zero-order chi connectivity index (χ0) is 37.0. The van der Waals surface area contributed by atoms with E-state index in [1.165, 1.54) is 96.3 Å². The fourth-order valence-corrected chi connectivity index (χ4v) is 7.77. The van der Waals surface area contributed by atoms with E-state index in [-0.39, 0.29) is 31.9 Å². The molecule has 0 bridgehead atoms. The normalized spacial score (nSPS) is 23.7. The molecule has 2 aliphatic rings. The van der Waals surface area contributed by atoms with Crippen LogP contribution in [0.2, 0.25) is 0 Å². The number of rotatable bonds is 30. The Bertz CT molecular complexity index is 933. The van der Waals surface area contributed by atoms with Crippen molar-refractivity contribution in [1.82, 2.24) is 0 Å². The molecule has 0 aliphatic carbocycles. The Morgan fingerprint density at radius 2 is 1.41 bits per heavy atom. The van der Waals surface area contributed by atoms with Crippen molar-refractivity contribution in [2.75, 3.05) is 26.4 Å². The van der Waals surface area contributed by atoms with Gasteiger partial charge in [0.1, 0.15) is 12.2 Å². The van der Waals surface area contributed by atoms with Gasteiger partial charge in [-0.3, -0.25) is 13.8 Å². The number of aliphatic hydroxyl groups is 2. The van der Waals surface area contributed by atoms with E-state index in [4.69, 9.17) is 23.6 Å². The van der Waals surface area contributed by atoms with Gasteiger partial charge in [-0.05, 0) is 44.9 Å². The van der Waals surface area contributed by atoms with Gasteiger partial charge in [0.15, 0.2) is 0 Å². The van der Waals surface area contributed by atoms with Crippen molar-refractivity contribution in [3.05, 3.63) is 12.2 Å². The minimum atomic E-state index is -4.55. The molecule has 2 saturated heterocycles.